The number of piperazine rings is 1. The molecule has 4 N–H and O–H groups in total. The Kier molecular flexibility index (Phi) is 10.2. The second-order valence-corrected chi connectivity index (χ2v) is 15.7. The van der Waals surface area contributed by atoms with E-state index in [-0.39, 0.29) is 31.2 Å². The largest absolute Gasteiger partial charge is 0.418 e. The molecule has 0 radical (unpaired) electrons. The number of urea groups is 2. The van der Waals surface area contributed by atoms with Crippen LogP contribution in [0.4, 0.5) is 47.3 Å². The number of nitrogen functional groups attached to an aromatic ring is 1. The molecule has 5 aliphatic rings. The summed E-state index contributed by atoms with van der Waals surface area (Å²) in [5.74, 6) is -0.568. The van der Waals surface area contributed by atoms with Gasteiger partial charge in [-0.2, -0.15) is 26.3 Å². The maximum atomic E-state index is 14.1. The lowest BCUT2D eigenvalue weighted by molar-refractivity contribution is -0.141. The van der Waals surface area contributed by atoms with Crippen molar-refractivity contribution in [2.45, 2.75) is 87.5 Å². The fourth-order valence-corrected chi connectivity index (χ4v) is 9.67. The predicted octanol–water partition coefficient (Wildman–Crippen LogP) is 4.92. The molecule has 5 aliphatic heterocycles. The number of amides is 5. The summed E-state index contributed by atoms with van der Waals surface area (Å²) in [5.41, 5.74) is 2.06. The molecule has 11 nitrogen and oxygen atoms in total. The molecule has 53 heavy (non-hydrogen) atoms. The van der Waals surface area contributed by atoms with Crippen molar-refractivity contribution >= 4 is 40.7 Å². The third-order valence-corrected chi connectivity index (χ3v) is 12.5. The van der Waals surface area contributed by atoms with Gasteiger partial charge in [-0.3, -0.25) is 9.69 Å². The Balaban J connectivity index is 1.05. The Labute approximate surface area is 307 Å². The van der Waals surface area contributed by atoms with Gasteiger partial charge in [-0.1, -0.05) is 0 Å². The molecule has 290 valence electrons. The Morgan fingerprint density at radius 2 is 1.51 bits per heavy atom. The second kappa shape index (κ2) is 14.5. The van der Waals surface area contributed by atoms with Crippen LogP contribution in [0.1, 0.15) is 54.4 Å². The van der Waals surface area contributed by atoms with Crippen molar-refractivity contribution in [2.75, 3.05) is 63.9 Å². The summed E-state index contributed by atoms with van der Waals surface area (Å²) in [7, 11) is 2.12. The summed E-state index contributed by atoms with van der Waals surface area (Å²) < 4.78 is 83.5. The molecule has 3 atom stereocenters. The van der Waals surface area contributed by atoms with Crippen LogP contribution in [0.25, 0.3) is 0 Å². The number of likely N-dealkylation sites (tertiary alicyclic amines) is 4. The number of piperidine rings is 2. The van der Waals surface area contributed by atoms with E-state index in [2.05, 4.69) is 27.5 Å². The molecule has 2 unspecified atom stereocenters. The molecule has 5 amide bonds. The van der Waals surface area contributed by atoms with Gasteiger partial charge in [0, 0.05) is 81.8 Å². The van der Waals surface area contributed by atoms with Crippen molar-refractivity contribution in [3.8, 4) is 0 Å². The maximum Gasteiger partial charge on any atom is 0.418 e. The number of nitrogens with two attached hydrogens (primary N) is 1. The molecular formula is C35H44F6N8O3S. The van der Waals surface area contributed by atoms with Gasteiger partial charge in [-0.25, -0.2) is 9.59 Å². The molecule has 1 aromatic heterocycles. The Morgan fingerprint density at radius 3 is 2.09 bits per heavy atom. The second-order valence-electron chi connectivity index (χ2n) is 14.9. The van der Waals surface area contributed by atoms with Gasteiger partial charge in [0.2, 0.25) is 5.91 Å². The average Bonchev–Trinajstić information content (AvgIpc) is 3.81. The monoisotopic (exact) mass is 770 g/mol. The van der Waals surface area contributed by atoms with E-state index in [0.717, 1.165) is 30.8 Å². The Morgan fingerprint density at radius 1 is 0.887 bits per heavy atom. The van der Waals surface area contributed by atoms with E-state index >= 15 is 0 Å². The third-order valence-electron chi connectivity index (χ3n) is 11.7. The summed E-state index contributed by atoms with van der Waals surface area (Å²) in [5, 5.41) is 9.50. The first-order chi connectivity index (χ1) is 25.1. The van der Waals surface area contributed by atoms with Crippen LogP contribution in [-0.4, -0.2) is 126 Å². The lowest BCUT2D eigenvalue weighted by atomic mass is 9.96. The van der Waals surface area contributed by atoms with E-state index < -0.39 is 59.1 Å². The molecule has 7 rings (SSSR count). The van der Waals surface area contributed by atoms with E-state index in [1.165, 1.54) is 16.2 Å². The number of benzene rings is 1. The SMILES string of the molecule is CN1CC2CC1CN2C1CCN(C(=O)[C@@H](Cc2cc(C(F)(F)F)c(N)c(C(F)(F)F)c2)NC(=O)N2CCC(N3CCc4cscc4NC3=O)CC2)CC1. The number of carbonyl (C=O) groups excluding carboxylic acids is 3. The van der Waals surface area contributed by atoms with Gasteiger partial charge in [-0.15, -0.1) is 11.3 Å². The van der Waals surface area contributed by atoms with Crippen LogP contribution in [0, 0.1) is 0 Å². The van der Waals surface area contributed by atoms with Gasteiger partial charge in [0.25, 0.3) is 0 Å². The third kappa shape index (κ3) is 7.76. The smallest absolute Gasteiger partial charge is 0.398 e. The minimum absolute atomic E-state index is 0.145. The summed E-state index contributed by atoms with van der Waals surface area (Å²) in [4.78, 5) is 50.4. The van der Waals surface area contributed by atoms with Crippen molar-refractivity contribution in [3.63, 3.8) is 0 Å². The molecule has 2 bridgehead atoms. The van der Waals surface area contributed by atoms with Crippen LogP contribution in [0.2, 0.25) is 0 Å². The number of alkyl halides is 6. The number of fused-ring (bicyclic) bond motifs is 3. The normalized spacial score (nSPS) is 24.3. The minimum Gasteiger partial charge on any atom is -0.398 e. The summed E-state index contributed by atoms with van der Waals surface area (Å²) in [6, 6.07) is -0.186. The first-order valence-corrected chi connectivity index (χ1v) is 19.0. The molecule has 1 aromatic carbocycles. The number of hydrogen-bond donors (Lipinski definition) is 3. The molecule has 4 fully saturated rings. The van der Waals surface area contributed by atoms with Crippen molar-refractivity contribution in [1.82, 2.24) is 29.8 Å². The molecule has 2 aromatic rings. The maximum absolute atomic E-state index is 14.1. The highest BCUT2D eigenvalue weighted by Gasteiger charge is 2.46. The number of nitrogens with zero attached hydrogens (tertiary/aromatic N) is 5. The summed E-state index contributed by atoms with van der Waals surface area (Å²) in [6.45, 7) is 3.61. The number of nitrogens with one attached hydrogen (secondary N) is 2. The Hall–Kier alpha value is -3.77. The first-order valence-electron chi connectivity index (χ1n) is 18.1. The molecule has 0 aliphatic carbocycles. The zero-order valence-electron chi connectivity index (χ0n) is 29.3. The fraction of sp³-hybridized carbons (Fsp3) is 0.629. The first kappa shape index (κ1) is 37.5. The van der Waals surface area contributed by atoms with E-state index in [0.29, 0.717) is 76.0 Å². The van der Waals surface area contributed by atoms with Gasteiger partial charge in [0.15, 0.2) is 0 Å². The highest BCUT2D eigenvalue weighted by Crippen LogP contribution is 2.42. The number of hydrogen-bond acceptors (Lipinski definition) is 7. The van der Waals surface area contributed by atoms with Crippen molar-refractivity contribution in [1.29, 1.82) is 0 Å². The Bertz CT molecular complexity index is 1670. The van der Waals surface area contributed by atoms with Gasteiger partial charge in [0.1, 0.15) is 6.04 Å². The number of thiophene rings is 1. The summed E-state index contributed by atoms with van der Waals surface area (Å²) in [6.07, 6.45) is -6.94. The predicted molar refractivity (Wildman–Crippen MR) is 186 cm³/mol. The number of likely N-dealkylation sites (N-methyl/N-ethyl adjacent to an activating group) is 1. The number of carbonyl (C=O) groups is 3. The lowest BCUT2D eigenvalue weighted by Gasteiger charge is -2.42. The van der Waals surface area contributed by atoms with Gasteiger partial charge in [-0.05, 0) is 74.2 Å². The van der Waals surface area contributed by atoms with Gasteiger partial charge >= 0.3 is 24.4 Å². The molecule has 6 heterocycles. The van der Waals surface area contributed by atoms with Crippen LogP contribution < -0.4 is 16.4 Å². The van der Waals surface area contributed by atoms with Crippen LogP contribution in [0.3, 0.4) is 0 Å². The van der Waals surface area contributed by atoms with E-state index in [1.54, 1.807) is 9.80 Å². The van der Waals surface area contributed by atoms with Crippen LogP contribution >= 0.6 is 11.3 Å². The standard InChI is InChI=1S/C35H44F6N8O3S/c1-45-16-25-15-24(45)17-49(25)23-3-7-46(8-4-23)31(50)28(14-20-12-26(34(36,37)38)30(42)27(13-20)35(39,40)41)43-32(51)47-9-5-22(6-10-47)48-11-2-21-18-53-19-29(21)44-33(48)52/h12-13,18-19,22-25,28H,2-11,14-17,42H2,1H3,(H,43,51)(H,44,52)/t24?,25?,28-/m1/s1. The van der Waals surface area contributed by atoms with E-state index in [9.17, 15) is 40.7 Å². The average molecular weight is 771 g/mol. The zero-order valence-corrected chi connectivity index (χ0v) is 30.1. The highest BCUT2D eigenvalue weighted by atomic mass is 32.1. The fourth-order valence-electron chi connectivity index (χ4n) is 8.84. The van der Waals surface area contributed by atoms with E-state index in [4.69, 9.17) is 5.73 Å². The number of rotatable bonds is 6. The molecule has 0 saturated carbocycles. The van der Waals surface area contributed by atoms with Crippen LogP contribution in [0.5, 0.6) is 0 Å². The van der Waals surface area contributed by atoms with Crippen molar-refractivity contribution < 1.29 is 40.7 Å². The van der Waals surface area contributed by atoms with Crippen molar-refractivity contribution in [2.24, 2.45) is 0 Å². The van der Waals surface area contributed by atoms with Crippen molar-refractivity contribution in [3.05, 3.63) is 45.1 Å². The number of halogens is 6. The van der Waals surface area contributed by atoms with E-state index in [1.807, 2.05) is 10.8 Å². The molecule has 18 heteroatoms. The van der Waals surface area contributed by atoms with Gasteiger partial charge in [0.05, 0.1) is 22.5 Å². The lowest BCUT2D eigenvalue weighted by Crippen LogP contribution is -2.58. The topological polar surface area (TPSA) is 117 Å². The molecule has 0 spiro atoms. The van der Waals surface area contributed by atoms with Crippen LogP contribution in [0.15, 0.2) is 22.9 Å². The highest BCUT2D eigenvalue weighted by molar-refractivity contribution is 7.08. The quantitative estimate of drug-likeness (QED) is 0.284. The molecule has 4 saturated heterocycles. The van der Waals surface area contributed by atoms with Gasteiger partial charge < -0.3 is 36.0 Å². The minimum atomic E-state index is -5.19. The van der Waals surface area contributed by atoms with Crippen LogP contribution in [-0.2, 0) is 30.0 Å². The number of anilines is 2. The summed E-state index contributed by atoms with van der Waals surface area (Å²) >= 11 is 1.51. The zero-order chi connectivity index (χ0) is 37.8. The molecular weight excluding hydrogens is 726 g/mol.